The van der Waals surface area contributed by atoms with Gasteiger partial charge in [-0.1, -0.05) is 49.7 Å². The maximum Gasteiger partial charge on any atom is 0.272 e. The van der Waals surface area contributed by atoms with Crippen molar-refractivity contribution < 1.29 is 14.3 Å². The van der Waals surface area contributed by atoms with E-state index in [9.17, 15) is 9.59 Å². The quantitative estimate of drug-likeness (QED) is 0.693. The van der Waals surface area contributed by atoms with Gasteiger partial charge < -0.3 is 4.74 Å². The van der Waals surface area contributed by atoms with E-state index < -0.39 is 0 Å². The average molecular weight is 388 g/mol. The van der Waals surface area contributed by atoms with E-state index in [1.165, 1.54) is 16.7 Å². The molecule has 0 saturated carbocycles. The number of halogens is 1. The fourth-order valence-corrected chi connectivity index (χ4v) is 3.96. The van der Waals surface area contributed by atoms with E-state index in [1.807, 2.05) is 26.0 Å². The summed E-state index contributed by atoms with van der Waals surface area (Å²) in [4.78, 5) is 27.9. The van der Waals surface area contributed by atoms with Crippen molar-refractivity contribution in [1.82, 2.24) is 0 Å². The second-order valence-electron chi connectivity index (χ2n) is 6.00. The van der Waals surface area contributed by atoms with Crippen LogP contribution in [0.4, 0.5) is 5.69 Å². The maximum atomic E-state index is 13.2. The van der Waals surface area contributed by atoms with Gasteiger partial charge in [0.15, 0.2) is 0 Å². The summed E-state index contributed by atoms with van der Waals surface area (Å²) in [5.41, 5.74) is 1.44. The number of carbonyl (C=O) groups is 2. The minimum absolute atomic E-state index is 0.144. The first kappa shape index (κ1) is 18.5. The predicted octanol–water partition coefficient (Wildman–Crippen LogP) is 4.77. The summed E-state index contributed by atoms with van der Waals surface area (Å²) in [6, 6.07) is 14.0. The van der Waals surface area contributed by atoms with Crippen LogP contribution < -0.4 is 9.64 Å². The number of thioether (sulfide) groups is 1. The second-order valence-corrected chi connectivity index (χ2v) is 8.02. The normalized spacial score (nSPS) is 14.6. The minimum Gasteiger partial charge on any atom is -0.496 e. The summed E-state index contributed by atoms with van der Waals surface area (Å²) in [6.45, 7) is 3.97. The van der Waals surface area contributed by atoms with Crippen LogP contribution in [0.2, 0.25) is 5.02 Å². The molecule has 4 nitrogen and oxygen atoms in total. The summed E-state index contributed by atoms with van der Waals surface area (Å²) in [5, 5.41) is 0.609. The van der Waals surface area contributed by atoms with E-state index >= 15 is 0 Å². The summed E-state index contributed by atoms with van der Waals surface area (Å²) < 4.78 is 5.41. The number of anilines is 1. The molecule has 2 aromatic carbocycles. The lowest BCUT2D eigenvalue weighted by Gasteiger charge is -2.16. The smallest absolute Gasteiger partial charge is 0.272 e. The zero-order valence-electron chi connectivity index (χ0n) is 14.7. The van der Waals surface area contributed by atoms with Crippen LogP contribution in [0, 0.1) is 0 Å². The number of rotatable bonds is 5. The van der Waals surface area contributed by atoms with Gasteiger partial charge in [-0.3, -0.25) is 9.59 Å². The Labute approximate surface area is 161 Å². The third kappa shape index (κ3) is 3.37. The largest absolute Gasteiger partial charge is 0.496 e. The van der Waals surface area contributed by atoms with Crippen LogP contribution in [0.1, 0.15) is 19.4 Å². The lowest BCUT2D eigenvalue weighted by Crippen LogP contribution is -2.31. The number of para-hydroxylation sites is 1. The Bertz CT molecular complexity index is 907. The molecule has 0 bridgehead atoms. The van der Waals surface area contributed by atoms with Crippen molar-refractivity contribution in [3.8, 4) is 5.75 Å². The molecule has 1 aliphatic heterocycles. The summed E-state index contributed by atoms with van der Waals surface area (Å²) in [6.07, 6.45) is 0. The molecular weight excluding hydrogens is 370 g/mol. The van der Waals surface area contributed by atoms with Crippen LogP contribution in [0.3, 0.4) is 0 Å². The van der Waals surface area contributed by atoms with Crippen LogP contribution in [-0.2, 0) is 9.59 Å². The SMILES string of the molecule is COc1ccccc1C1=C(SC(C)C)C(=O)N(c2cccc(Cl)c2)C1=O. The van der Waals surface area contributed by atoms with Gasteiger partial charge in [0.2, 0.25) is 0 Å². The molecule has 2 amide bonds. The second kappa shape index (κ2) is 7.56. The monoisotopic (exact) mass is 387 g/mol. The highest BCUT2D eigenvalue weighted by molar-refractivity contribution is 8.04. The highest BCUT2D eigenvalue weighted by atomic mass is 35.5. The molecule has 0 fully saturated rings. The Hall–Kier alpha value is -2.24. The van der Waals surface area contributed by atoms with Crippen molar-refractivity contribution in [2.45, 2.75) is 19.1 Å². The molecular formula is C20H18ClNO3S. The van der Waals surface area contributed by atoms with Crippen LogP contribution in [0.5, 0.6) is 5.75 Å². The Kier molecular flexibility index (Phi) is 5.39. The summed E-state index contributed by atoms with van der Waals surface area (Å²) >= 11 is 7.43. The summed E-state index contributed by atoms with van der Waals surface area (Å²) in [7, 11) is 1.55. The first-order valence-electron chi connectivity index (χ1n) is 8.12. The van der Waals surface area contributed by atoms with Gasteiger partial charge >= 0.3 is 0 Å². The lowest BCUT2D eigenvalue weighted by atomic mass is 10.0. The lowest BCUT2D eigenvalue weighted by molar-refractivity contribution is -0.119. The van der Waals surface area contributed by atoms with E-state index in [4.69, 9.17) is 16.3 Å². The molecule has 6 heteroatoms. The molecule has 26 heavy (non-hydrogen) atoms. The zero-order valence-corrected chi connectivity index (χ0v) is 16.2. The van der Waals surface area contributed by atoms with Crippen molar-refractivity contribution in [3.63, 3.8) is 0 Å². The third-order valence-electron chi connectivity index (χ3n) is 3.84. The number of benzene rings is 2. The Balaban J connectivity index is 2.16. The third-order valence-corrected chi connectivity index (χ3v) is 5.16. The van der Waals surface area contributed by atoms with Gasteiger partial charge in [-0.2, -0.15) is 0 Å². The molecule has 0 radical (unpaired) electrons. The molecule has 1 heterocycles. The Morgan fingerprint density at radius 2 is 1.77 bits per heavy atom. The Morgan fingerprint density at radius 3 is 2.42 bits per heavy atom. The number of hydrogen-bond acceptors (Lipinski definition) is 4. The molecule has 0 atom stereocenters. The van der Waals surface area contributed by atoms with Crippen molar-refractivity contribution in [2.75, 3.05) is 12.0 Å². The fraction of sp³-hybridized carbons (Fsp3) is 0.200. The standard InChI is InChI=1S/C20H18ClNO3S/c1-12(2)26-18-17(15-9-4-5-10-16(15)25-3)19(23)22(20(18)24)14-8-6-7-13(21)11-14/h4-12H,1-3H3. The van der Waals surface area contributed by atoms with Crippen LogP contribution >= 0.6 is 23.4 Å². The molecule has 0 spiro atoms. The number of ether oxygens (including phenoxy) is 1. The van der Waals surface area contributed by atoms with Gasteiger partial charge in [-0.15, -0.1) is 11.8 Å². The molecule has 0 aromatic heterocycles. The van der Waals surface area contributed by atoms with Gasteiger partial charge in [-0.05, 0) is 24.3 Å². The molecule has 0 saturated heterocycles. The number of imide groups is 1. The molecule has 0 N–H and O–H groups in total. The molecule has 134 valence electrons. The van der Waals surface area contributed by atoms with Crippen molar-refractivity contribution >= 4 is 46.4 Å². The number of amides is 2. The number of methoxy groups -OCH3 is 1. The van der Waals surface area contributed by atoms with E-state index in [-0.39, 0.29) is 17.1 Å². The number of carbonyl (C=O) groups excluding carboxylic acids is 2. The first-order valence-corrected chi connectivity index (χ1v) is 9.38. The Morgan fingerprint density at radius 1 is 1.04 bits per heavy atom. The number of hydrogen-bond donors (Lipinski definition) is 0. The predicted molar refractivity (Wildman–Crippen MR) is 107 cm³/mol. The van der Waals surface area contributed by atoms with Crippen molar-refractivity contribution in [2.24, 2.45) is 0 Å². The van der Waals surface area contributed by atoms with Crippen LogP contribution in [0.15, 0.2) is 53.4 Å². The van der Waals surface area contributed by atoms with E-state index in [0.29, 0.717) is 32.5 Å². The van der Waals surface area contributed by atoms with Gasteiger partial charge in [-0.25, -0.2) is 4.90 Å². The van der Waals surface area contributed by atoms with Crippen molar-refractivity contribution in [3.05, 3.63) is 64.0 Å². The van der Waals surface area contributed by atoms with Crippen LogP contribution in [-0.4, -0.2) is 24.2 Å². The highest BCUT2D eigenvalue weighted by Gasteiger charge is 2.41. The van der Waals surface area contributed by atoms with Gasteiger partial charge in [0.05, 0.1) is 23.3 Å². The van der Waals surface area contributed by atoms with E-state index in [1.54, 1.807) is 43.5 Å². The first-order chi connectivity index (χ1) is 12.4. The van der Waals surface area contributed by atoms with E-state index in [2.05, 4.69) is 0 Å². The summed E-state index contributed by atoms with van der Waals surface area (Å²) in [5.74, 6) is -0.153. The fourth-order valence-electron chi connectivity index (χ4n) is 2.79. The minimum atomic E-state index is -0.370. The average Bonchev–Trinajstić information content (AvgIpc) is 2.84. The molecule has 3 rings (SSSR count). The van der Waals surface area contributed by atoms with E-state index in [0.717, 1.165) is 0 Å². The van der Waals surface area contributed by atoms with Crippen LogP contribution in [0.25, 0.3) is 5.57 Å². The van der Waals surface area contributed by atoms with Gasteiger partial charge in [0.1, 0.15) is 5.75 Å². The topological polar surface area (TPSA) is 46.6 Å². The molecule has 0 unspecified atom stereocenters. The molecule has 2 aromatic rings. The number of nitrogens with zero attached hydrogens (tertiary/aromatic N) is 1. The highest BCUT2D eigenvalue weighted by Crippen LogP contribution is 2.42. The van der Waals surface area contributed by atoms with Crippen molar-refractivity contribution in [1.29, 1.82) is 0 Å². The van der Waals surface area contributed by atoms with Gasteiger partial charge in [0, 0.05) is 15.8 Å². The maximum absolute atomic E-state index is 13.2. The molecule has 0 aliphatic carbocycles. The molecule has 1 aliphatic rings. The van der Waals surface area contributed by atoms with Gasteiger partial charge in [0.25, 0.3) is 11.8 Å². The zero-order chi connectivity index (χ0) is 18.8.